The maximum Gasteiger partial charge on any atom is 0.0462 e. The molecule has 1 aromatic rings. The Morgan fingerprint density at radius 1 is 1.33 bits per heavy atom. The number of benzene rings is 1. The first-order valence-corrected chi connectivity index (χ1v) is 7.12. The number of methoxy groups -OCH3 is 1. The number of hydrogen-bond donors (Lipinski definition) is 1. The van der Waals surface area contributed by atoms with Crippen molar-refractivity contribution in [1.29, 1.82) is 0 Å². The summed E-state index contributed by atoms with van der Waals surface area (Å²) in [6.45, 7) is 0.851. The van der Waals surface area contributed by atoms with E-state index in [1.807, 2.05) is 0 Å². The lowest BCUT2D eigenvalue weighted by Crippen LogP contribution is -2.21. The second-order valence-corrected chi connectivity index (χ2v) is 5.23. The van der Waals surface area contributed by atoms with Crippen LogP contribution in [0.15, 0.2) is 24.3 Å². The van der Waals surface area contributed by atoms with Crippen molar-refractivity contribution in [3.63, 3.8) is 0 Å². The van der Waals surface area contributed by atoms with Crippen LogP contribution in [0.2, 0.25) is 0 Å². The van der Waals surface area contributed by atoms with Crippen LogP contribution < -0.4 is 5.32 Å². The molecule has 1 unspecified atom stereocenters. The summed E-state index contributed by atoms with van der Waals surface area (Å²) in [5, 5.41) is 3.47. The van der Waals surface area contributed by atoms with Gasteiger partial charge < -0.3 is 10.1 Å². The van der Waals surface area contributed by atoms with Crippen LogP contribution in [-0.2, 0) is 4.74 Å². The van der Waals surface area contributed by atoms with Gasteiger partial charge in [0.1, 0.15) is 0 Å². The molecule has 1 atom stereocenters. The highest BCUT2D eigenvalue weighted by Crippen LogP contribution is 2.39. The third-order valence-electron chi connectivity index (χ3n) is 4.11. The van der Waals surface area contributed by atoms with Crippen molar-refractivity contribution in [2.75, 3.05) is 20.8 Å². The molecule has 1 fully saturated rings. The molecule has 0 aromatic heterocycles. The quantitative estimate of drug-likeness (QED) is 0.743. The Bertz CT molecular complexity index is 360. The van der Waals surface area contributed by atoms with Gasteiger partial charge in [-0.1, -0.05) is 30.7 Å². The Labute approximate surface area is 111 Å². The topological polar surface area (TPSA) is 21.3 Å². The van der Waals surface area contributed by atoms with E-state index in [2.05, 4.69) is 36.6 Å². The van der Waals surface area contributed by atoms with E-state index in [1.165, 1.54) is 24.8 Å². The van der Waals surface area contributed by atoms with Gasteiger partial charge in [0.15, 0.2) is 0 Å². The average Bonchev–Trinajstić information content (AvgIpc) is 2.34. The first-order valence-electron chi connectivity index (χ1n) is 7.12. The van der Waals surface area contributed by atoms with Crippen molar-refractivity contribution < 1.29 is 4.74 Å². The number of nitrogens with one attached hydrogen (secondary N) is 1. The minimum Gasteiger partial charge on any atom is -0.385 e. The SMILES string of the molecule is CNC(CCCOC)c1ccccc1C1CCC1. The highest BCUT2D eigenvalue weighted by molar-refractivity contribution is 5.34. The summed E-state index contributed by atoms with van der Waals surface area (Å²) in [6, 6.07) is 9.43. The second kappa shape index (κ2) is 6.91. The van der Waals surface area contributed by atoms with E-state index in [1.54, 1.807) is 12.7 Å². The van der Waals surface area contributed by atoms with Crippen molar-refractivity contribution in [3.8, 4) is 0 Å². The summed E-state index contributed by atoms with van der Waals surface area (Å²) < 4.78 is 5.15. The zero-order valence-corrected chi connectivity index (χ0v) is 11.6. The molecule has 1 aliphatic carbocycles. The smallest absolute Gasteiger partial charge is 0.0462 e. The monoisotopic (exact) mass is 247 g/mol. The molecule has 100 valence electrons. The lowest BCUT2D eigenvalue weighted by molar-refractivity contribution is 0.189. The first kappa shape index (κ1) is 13.6. The Morgan fingerprint density at radius 3 is 2.72 bits per heavy atom. The van der Waals surface area contributed by atoms with Crippen LogP contribution in [-0.4, -0.2) is 20.8 Å². The molecule has 1 N–H and O–H groups in total. The molecule has 0 heterocycles. The van der Waals surface area contributed by atoms with E-state index >= 15 is 0 Å². The minimum absolute atomic E-state index is 0.469. The summed E-state index contributed by atoms with van der Waals surface area (Å²) >= 11 is 0. The zero-order chi connectivity index (χ0) is 12.8. The summed E-state index contributed by atoms with van der Waals surface area (Å²) in [6.07, 6.45) is 6.39. The van der Waals surface area contributed by atoms with Crippen molar-refractivity contribution in [2.45, 2.75) is 44.1 Å². The van der Waals surface area contributed by atoms with Crippen molar-refractivity contribution in [2.24, 2.45) is 0 Å². The van der Waals surface area contributed by atoms with Crippen LogP contribution in [0, 0.1) is 0 Å². The van der Waals surface area contributed by atoms with E-state index < -0.39 is 0 Å². The van der Waals surface area contributed by atoms with Gasteiger partial charge in [-0.2, -0.15) is 0 Å². The molecule has 1 saturated carbocycles. The molecule has 18 heavy (non-hydrogen) atoms. The van der Waals surface area contributed by atoms with Crippen LogP contribution >= 0.6 is 0 Å². The van der Waals surface area contributed by atoms with Gasteiger partial charge in [0.2, 0.25) is 0 Å². The average molecular weight is 247 g/mol. The number of ether oxygens (including phenoxy) is 1. The molecule has 1 aromatic carbocycles. The highest BCUT2D eigenvalue weighted by atomic mass is 16.5. The molecule has 0 amide bonds. The third kappa shape index (κ3) is 3.12. The van der Waals surface area contributed by atoms with E-state index in [4.69, 9.17) is 4.74 Å². The van der Waals surface area contributed by atoms with Gasteiger partial charge >= 0.3 is 0 Å². The fourth-order valence-corrected chi connectivity index (χ4v) is 2.81. The fraction of sp³-hybridized carbons (Fsp3) is 0.625. The molecule has 2 nitrogen and oxygen atoms in total. The standard InChI is InChI=1S/C16H25NO/c1-17-16(11-6-12-18-2)15-10-4-3-9-14(15)13-7-5-8-13/h3-4,9-10,13,16-17H,5-8,11-12H2,1-2H3. The maximum absolute atomic E-state index is 5.15. The fourth-order valence-electron chi connectivity index (χ4n) is 2.81. The van der Waals surface area contributed by atoms with Crippen LogP contribution in [0.5, 0.6) is 0 Å². The minimum atomic E-state index is 0.469. The van der Waals surface area contributed by atoms with Gasteiger partial charge in [0.05, 0.1) is 0 Å². The van der Waals surface area contributed by atoms with Crippen molar-refractivity contribution in [3.05, 3.63) is 35.4 Å². The normalized spacial score (nSPS) is 17.4. The highest BCUT2D eigenvalue weighted by Gasteiger charge is 2.24. The molecule has 0 aliphatic heterocycles. The molecule has 0 spiro atoms. The van der Waals surface area contributed by atoms with Crippen LogP contribution in [0.1, 0.15) is 55.2 Å². The zero-order valence-electron chi connectivity index (χ0n) is 11.6. The Balaban J connectivity index is 2.08. The van der Waals surface area contributed by atoms with E-state index in [-0.39, 0.29) is 0 Å². The Morgan fingerprint density at radius 2 is 2.11 bits per heavy atom. The molecular weight excluding hydrogens is 222 g/mol. The molecule has 1 aliphatic rings. The Hall–Kier alpha value is -0.860. The number of hydrogen-bond acceptors (Lipinski definition) is 2. The lowest BCUT2D eigenvalue weighted by Gasteiger charge is -2.30. The molecule has 0 bridgehead atoms. The molecule has 0 radical (unpaired) electrons. The summed E-state index contributed by atoms with van der Waals surface area (Å²) in [7, 11) is 3.84. The largest absolute Gasteiger partial charge is 0.385 e. The van der Waals surface area contributed by atoms with Crippen LogP contribution in [0.25, 0.3) is 0 Å². The van der Waals surface area contributed by atoms with E-state index in [0.717, 1.165) is 25.4 Å². The van der Waals surface area contributed by atoms with Gasteiger partial charge in [-0.15, -0.1) is 0 Å². The van der Waals surface area contributed by atoms with Gasteiger partial charge in [-0.3, -0.25) is 0 Å². The van der Waals surface area contributed by atoms with Crippen molar-refractivity contribution in [1.82, 2.24) is 5.32 Å². The van der Waals surface area contributed by atoms with Gasteiger partial charge in [0, 0.05) is 19.8 Å². The van der Waals surface area contributed by atoms with Crippen LogP contribution in [0.3, 0.4) is 0 Å². The summed E-state index contributed by atoms with van der Waals surface area (Å²) in [4.78, 5) is 0. The first-order chi connectivity index (χ1) is 8.86. The maximum atomic E-state index is 5.15. The van der Waals surface area contributed by atoms with Gasteiger partial charge in [-0.05, 0) is 49.8 Å². The molecule has 2 heteroatoms. The van der Waals surface area contributed by atoms with Gasteiger partial charge in [0.25, 0.3) is 0 Å². The van der Waals surface area contributed by atoms with Crippen molar-refractivity contribution >= 4 is 0 Å². The van der Waals surface area contributed by atoms with E-state index in [0.29, 0.717) is 6.04 Å². The lowest BCUT2D eigenvalue weighted by atomic mass is 9.77. The van der Waals surface area contributed by atoms with Crippen LogP contribution in [0.4, 0.5) is 0 Å². The van der Waals surface area contributed by atoms with E-state index in [9.17, 15) is 0 Å². The number of rotatable bonds is 7. The predicted molar refractivity (Wildman–Crippen MR) is 75.9 cm³/mol. The predicted octanol–water partition coefficient (Wildman–Crippen LogP) is 3.64. The van der Waals surface area contributed by atoms with Gasteiger partial charge in [-0.25, -0.2) is 0 Å². The summed E-state index contributed by atoms with van der Waals surface area (Å²) in [5.74, 6) is 0.805. The Kier molecular flexibility index (Phi) is 5.21. The summed E-state index contributed by atoms with van der Waals surface area (Å²) in [5.41, 5.74) is 3.07. The third-order valence-corrected chi connectivity index (χ3v) is 4.11. The molecule has 0 saturated heterocycles. The molecule has 2 rings (SSSR count). The molecular formula is C16H25NO. The second-order valence-electron chi connectivity index (χ2n) is 5.23.